The van der Waals surface area contributed by atoms with Gasteiger partial charge in [0.1, 0.15) is 23.2 Å². The molecule has 2 amide bonds. The highest BCUT2D eigenvalue weighted by Crippen LogP contribution is 2.39. The van der Waals surface area contributed by atoms with Crippen LogP contribution in [0.25, 0.3) is 0 Å². The van der Waals surface area contributed by atoms with Crippen molar-refractivity contribution < 1.29 is 28.2 Å². The van der Waals surface area contributed by atoms with E-state index in [1.807, 2.05) is 0 Å². The fourth-order valence-corrected chi connectivity index (χ4v) is 5.33. The number of benzene rings is 2. The van der Waals surface area contributed by atoms with Crippen molar-refractivity contribution in [3.05, 3.63) is 80.4 Å². The number of esters is 1. The lowest BCUT2D eigenvalue weighted by atomic mass is 10.1. The van der Waals surface area contributed by atoms with Crippen LogP contribution in [-0.4, -0.2) is 30.6 Å². The number of amides is 2. The Morgan fingerprint density at radius 2 is 1.86 bits per heavy atom. The number of thiophene rings is 1. The first-order valence-electron chi connectivity index (χ1n) is 11.3. The Kier molecular flexibility index (Phi) is 8.20. The van der Waals surface area contributed by atoms with Gasteiger partial charge in [0.25, 0.3) is 0 Å². The number of fused-ring (bicyclic) bond motifs is 1. The second-order valence-electron chi connectivity index (χ2n) is 8.16. The molecule has 8 nitrogen and oxygen atoms in total. The molecule has 0 spiro atoms. The minimum atomic E-state index is -0.981. The number of hydrogen-bond acceptors (Lipinski definition) is 7. The third-order valence-corrected chi connectivity index (χ3v) is 7.35. The average Bonchev–Trinajstić information content (AvgIpc) is 3.47. The molecule has 0 saturated heterocycles. The predicted octanol–water partition coefficient (Wildman–Crippen LogP) is 4.87. The second-order valence-corrected chi connectivity index (χ2v) is 9.67. The topological polar surface area (TPSA) is 106 Å². The van der Waals surface area contributed by atoms with Crippen molar-refractivity contribution in [2.24, 2.45) is 5.10 Å². The van der Waals surface area contributed by atoms with Gasteiger partial charge in [-0.3, -0.25) is 9.59 Å². The van der Waals surface area contributed by atoms with Crippen molar-refractivity contribution >= 4 is 51.4 Å². The minimum absolute atomic E-state index is 0.0337. The van der Waals surface area contributed by atoms with Crippen molar-refractivity contribution in [3.63, 3.8) is 0 Å². The van der Waals surface area contributed by atoms with Crippen LogP contribution in [0.1, 0.15) is 45.3 Å². The van der Waals surface area contributed by atoms with E-state index in [2.05, 4.69) is 15.8 Å². The van der Waals surface area contributed by atoms with Gasteiger partial charge in [-0.25, -0.2) is 14.6 Å². The second kappa shape index (κ2) is 11.5. The summed E-state index contributed by atoms with van der Waals surface area (Å²) in [4.78, 5) is 38.0. The molecule has 11 heteroatoms. The maximum atomic E-state index is 13.9. The number of anilines is 1. The Labute approximate surface area is 221 Å². The molecule has 0 radical (unpaired) electrons. The molecule has 0 unspecified atom stereocenters. The van der Waals surface area contributed by atoms with Crippen molar-refractivity contribution in [2.75, 3.05) is 12.4 Å². The van der Waals surface area contributed by atoms with Gasteiger partial charge in [-0.2, -0.15) is 5.10 Å². The number of carbonyl (C=O) groups is 3. The summed E-state index contributed by atoms with van der Waals surface area (Å²) in [5, 5.41) is 7.07. The van der Waals surface area contributed by atoms with Crippen molar-refractivity contribution in [1.29, 1.82) is 0 Å². The molecule has 37 heavy (non-hydrogen) atoms. The minimum Gasteiger partial charge on any atom is -0.489 e. The number of nitrogens with zero attached hydrogens (tertiary/aromatic N) is 1. The molecule has 4 rings (SSSR count). The standard InChI is InChI=1S/C26H23ClFN3O5S/c1-14(15-9-11-16(12-10-15)36-13-18-19(27)6-4-7-20(18)28)30-31-24(33)23(32)29-25-22(26(34)35-2)17-5-3-8-21(17)37-25/h4,6-7,9-12H,3,5,8,13H2,1-2H3,(H,29,32)(H,31,33). The molecule has 1 aliphatic carbocycles. The van der Waals surface area contributed by atoms with E-state index in [1.165, 1.54) is 30.6 Å². The van der Waals surface area contributed by atoms with Crippen LogP contribution in [-0.2, 0) is 33.8 Å². The fraction of sp³-hybridized carbons (Fsp3) is 0.231. The molecule has 3 aromatic rings. The molecule has 0 atom stereocenters. The summed E-state index contributed by atoms with van der Waals surface area (Å²) in [6.07, 6.45) is 2.47. The van der Waals surface area contributed by atoms with Crippen LogP contribution >= 0.6 is 22.9 Å². The van der Waals surface area contributed by atoms with E-state index in [0.717, 1.165) is 29.7 Å². The first-order valence-corrected chi connectivity index (χ1v) is 12.5. The van der Waals surface area contributed by atoms with Gasteiger partial charge in [0.15, 0.2) is 0 Å². The number of methoxy groups -OCH3 is 1. The molecule has 1 heterocycles. The summed E-state index contributed by atoms with van der Waals surface area (Å²) in [5.41, 5.74) is 4.77. The third kappa shape index (κ3) is 5.98. The van der Waals surface area contributed by atoms with Crippen LogP contribution in [0.2, 0.25) is 5.02 Å². The Morgan fingerprint density at radius 3 is 2.57 bits per heavy atom. The van der Waals surface area contributed by atoms with E-state index in [0.29, 0.717) is 27.6 Å². The highest BCUT2D eigenvalue weighted by Gasteiger charge is 2.29. The first kappa shape index (κ1) is 26.3. The molecule has 192 valence electrons. The number of nitrogens with one attached hydrogen (secondary N) is 2. The zero-order valence-corrected chi connectivity index (χ0v) is 21.6. The summed E-state index contributed by atoms with van der Waals surface area (Å²) >= 11 is 7.29. The van der Waals surface area contributed by atoms with Gasteiger partial charge in [0.05, 0.1) is 23.4 Å². The number of hydrogen-bond donors (Lipinski definition) is 2. The number of rotatable bonds is 7. The molecular formula is C26H23ClFN3O5S. The fourth-order valence-electron chi connectivity index (χ4n) is 3.84. The van der Waals surface area contributed by atoms with E-state index < -0.39 is 23.6 Å². The van der Waals surface area contributed by atoms with Crippen LogP contribution in [0.4, 0.5) is 9.39 Å². The Bertz CT molecular complexity index is 1370. The molecule has 0 bridgehead atoms. The van der Waals surface area contributed by atoms with E-state index in [1.54, 1.807) is 37.3 Å². The van der Waals surface area contributed by atoms with Crippen LogP contribution in [0.5, 0.6) is 5.75 Å². The van der Waals surface area contributed by atoms with E-state index in [-0.39, 0.29) is 17.2 Å². The first-order chi connectivity index (χ1) is 17.8. The summed E-state index contributed by atoms with van der Waals surface area (Å²) in [5.74, 6) is -2.43. The summed E-state index contributed by atoms with van der Waals surface area (Å²) in [6, 6.07) is 11.2. The van der Waals surface area contributed by atoms with Gasteiger partial charge in [-0.1, -0.05) is 17.7 Å². The Balaban J connectivity index is 1.35. The van der Waals surface area contributed by atoms with Crippen molar-refractivity contribution in [1.82, 2.24) is 5.43 Å². The summed E-state index contributed by atoms with van der Waals surface area (Å²) in [7, 11) is 1.27. The zero-order valence-electron chi connectivity index (χ0n) is 20.0. The average molecular weight is 544 g/mol. The maximum Gasteiger partial charge on any atom is 0.341 e. The van der Waals surface area contributed by atoms with Crippen LogP contribution < -0.4 is 15.5 Å². The SMILES string of the molecule is COC(=O)c1c(NC(=O)C(=O)NN=C(C)c2ccc(OCc3c(F)cccc3Cl)cc2)sc2c1CCC2. The van der Waals surface area contributed by atoms with E-state index in [4.69, 9.17) is 21.1 Å². The Hall–Kier alpha value is -3.76. The summed E-state index contributed by atoms with van der Waals surface area (Å²) in [6.45, 7) is 1.63. The van der Waals surface area contributed by atoms with Crippen molar-refractivity contribution in [2.45, 2.75) is 32.8 Å². The molecule has 0 saturated carbocycles. The quantitative estimate of drug-likeness (QED) is 0.191. The molecule has 1 aliphatic rings. The molecule has 0 aliphatic heterocycles. The van der Waals surface area contributed by atoms with Gasteiger partial charge >= 0.3 is 17.8 Å². The van der Waals surface area contributed by atoms with Crippen LogP contribution in [0.15, 0.2) is 47.6 Å². The van der Waals surface area contributed by atoms with Crippen LogP contribution in [0.3, 0.4) is 0 Å². The smallest absolute Gasteiger partial charge is 0.341 e. The Morgan fingerprint density at radius 1 is 1.11 bits per heavy atom. The number of hydrazone groups is 1. The normalized spacial score (nSPS) is 12.6. The van der Waals surface area contributed by atoms with Gasteiger partial charge in [-0.05, 0) is 73.7 Å². The molecule has 2 N–H and O–H groups in total. The summed E-state index contributed by atoms with van der Waals surface area (Å²) < 4.78 is 24.4. The number of ether oxygens (including phenoxy) is 2. The maximum absolute atomic E-state index is 13.9. The number of carbonyl (C=O) groups excluding carboxylic acids is 3. The third-order valence-electron chi connectivity index (χ3n) is 5.79. The molecule has 2 aromatic carbocycles. The highest BCUT2D eigenvalue weighted by molar-refractivity contribution is 7.17. The van der Waals surface area contributed by atoms with Gasteiger partial charge < -0.3 is 14.8 Å². The molecule has 0 fully saturated rings. The lowest BCUT2D eigenvalue weighted by Gasteiger charge is -2.09. The van der Waals surface area contributed by atoms with Gasteiger partial charge in [-0.15, -0.1) is 11.3 Å². The highest BCUT2D eigenvalue weighted by atomic mass is 35.5. The number of halogens is 2. The van der Waals surface area contributed by atoms with Crippen molar-refractivity contribution in [3.8, 4) is 5.75 Å². The monoisotopic (exact) mass is 543 g/mol. The lowest BCUT2D eigenvalue weighted by Crippen LogP contribution is -2.33. The van der Waals surface area contributed by atoms with Gasteiger partial charge in [0, 0.05) is 10.4 Å². The van der Waals surface area contributed by atoms with E-state index in [9.17, 15) is 18.8 Å². The number of aryl methyl sites for hydroxylation is 1. The van der Waals surface area contributed by atoms with E-state index >= 15 is 0 Å². The van der Waals surface area contributed by atoms with Crippen LogP contribution in [0, 0.1) is 5.82 Å². The zero-order chi connectivity index (χ0) is 26.5. The lowest BCUT2D eigenvalue weighted by molar-refractivity contribution is -0.136. The van der Waals surface area contributed by atoms with Gasteiger partial charge in [0.2, 0.25) is 0 Å². The molecule has 1 aromatic heterocycles. The molecular weight excluding hydrogens is 521 g/mol. The largest absolute Gasteiger partial charge is 0.489 e. The predicted molar refractivity (Wildman–Crippen MR) is 139 cm³/mol.